The number of hydrogen-bond donors (Lipinski definition) is 2. The molecule has 2 rings (SSSR count). The zero-order valence-corrected chi connectivity index (χ0v) is 14.0. The number of anilines is 1. The van der Waals surface area contributed by atoms with E-state index in [-0.39, 0.29) is 18.0 Å². The maximum Gasteiger partial charge on any atom is 0.245 e. The van der Waals surface area contributed by atoms with Gasteiger partial charge in [0.05, 0.1) is 13.2 Å². The zero-order chi connectivity index (χ0) is 15.4. The Hall–Kier alpha value is -1.11. The fourth-order valence-electron chi connectivity index (χ4n) is 2.51. The number of morpholine rings is 1. The van der Waals surface area contributed by atoms with E-state index in [0.717, 1.165) is 15.7 Å². The molecule has 1 fully saturated rings. The van der Waals surface area contributed by atoms with Crippen LogP contribution in [0.25, 0.3) is 0 Å². The summed E-state index contributed by atoms with van der Waals surface area (Å²) in [6.07, 6.45) is 0. The van der Waals surface area contributed by atoms with Crippen LogP contribution in [-0.2, 0) is 16.1 Å². The second kappa shape index (κ2) is 7.24. The molecule has 0 spiro atoms. The number of ether oxygens (including phenoxy) is 1. The number of benzene rings is 1. The molecule has 0 radical (unpaired) electrons. The Balaban J connectivity index is 2.31. The predicted molar refractivity (Wildman–Crippen MR) is 87.3 cm³/mol. The molecular formula is C15H22BrN3O2. The van der Waals surface area contributed by atoms with Gasteiger partial charge in [0.1, 0.15) is 6.04 Å². The summed E-state index contributed by atoms with van der Waals surface area (Å²) in [5.41, 5.74) is 7.89. The summed E-state index contributed by atoms with van der Waals surface area (Å²) in [6, 6.07) is 5.73. The van der Waals surface area contributed by atoms with E-state index in [2.05, 4.69) is 26.1 Å². The van der Waals surface area contributed by atoms with Crippen LogP contribution in [0.4, 0.5) is 5.69 Å². The first-order chi connectivity index (χ1) is 10.0. The lowest BCUT2D eigenvalue weighted by Gasteiger charge is -2.37. The van der Waals surface area contributed by atoms with Gasteiger partial charge in [-0.25, -0.2) is 0 Å². The summed E-state index contributed by atoms with van der Waals surface area (Å²) in [5.74, 6) is -0.00681. The first kappa shape index (κ1) is 16.3. The van der Waals surface area contributed by atoms with Crippen molar-refractivity contribution in [1.29, 1.82) is 0 Å². The number of nitrogens with zero attached hydrogens (tertiary/aromatic N) is 1. The number of halogens is 1. The fraction of sp³-hybridized carbons (Fsp3) is 0.533. The van der Waals surface area contributed by atoms with E-state index < -0.39 is 0 Å². The first-order valence-electron chi connectivity index (χ1n) is 7.16. The molecular weight excluding hydrogens is 334 g/mol. The highest BCUT2D eigenvalue weighted by Gasteiger charge is 2.31. The van der Waals surface area contributed by atoms with Crippen molar-refractivity contribution in [3.63, 3.8) is 0 Å². The molecule has 0 bridgehead atoms. The molecule has 1 aromatic rings. The number of nitrogens with one attached hydrogen (secondary N) is 1. The van der Waals surface area contributed by atoms with E-state index in [1.165, 1.54) is 0 Å². The molecule has 21 heavy (non-hydrogen) atoms. The number of hydrogen-bond acceptors (Lipinski definition) is 4. The summed E-state index contributed by atoms with van der Waals surface area (Å²) in [4.78, 5) is 14.5. The van der Waals surface area contributed by atoms with Crippen molar-refractivity contribution >= 4 is 27.5 Å². The molecule has 1 aliphatic rings. The fourth-order valence-corrected chi connectivity index (χ4v) is 3.03. The SMILES string of the molecule is CC(C)NC(=O)C1COCCN1c1cccc(Br)c1CN. The summed E-state index contributed by atoms with van der Waals surface area (Å²) in [6.45, 7) is 6.02. The largest absolute Gasteiger partial charge is 0.377 e. The summed E-state index contributed by atoms with van der Waals surface area (Å²) < 4.78 is 6.46. The third-order valence-electron chi connectivity index (χ3n) is 3.47. The Bertz CT molecular complexity index is 508. The van der Waals surface area contributed by atoms with Crippen LogP contribution in [0, 0.1) is 0 Å². The number of rotatable bonds is 4. The molecule has 0 aliphatic carbocycles. The zero-order valence-electron chi connectivity index (χ0n) is 12.4. The molecule has 0 aromatic heterocycles. The van der Waals surface area contributed by atoms with Gasteiger partial charge in [-0.1, -0.05) is 22.0 Å². The molecule has 0 saturated carbocycles. The van der Waals surface area contributed by atoms with E-state index in [1.54, 1.807) is 0 Å². The van der Waals surface area contributed by atoms with Crippen LogP contribution in [0.3, 0.4) is 0 Å². The van der Waals surface area contributed by atoms with Gasteiger partial charge in [0.2, 0.25) is 5.91 Å². The highest BCUT2D eigenvalue weighted by molar-refractivity contribution is 9.10. The molecule has 1 heterocycles. The second-order valence-corrected chi connectivity index (χ2v) is 6.24. The first-order valence-corrected chi connectivity index (χ1v) is 7.96. The van der Waals surface area contributed by atoms with E-state index in [0.29, 0.717) is 26.3 Å². The van der Waals surface area contributed by atoms with Crippen molar-refractivity contribution < 1.29 is 9.53 Å². The van der Waals surface area contributed by atoms with Crippen molar-refractivity contribution in [3.05, 3.63) is 28.2 Å². The quantitative estimate of drug-likeness (QED) is 0.861. The second-order valence-electron chi connectivity index (χ2n) is 5.39. The lowest BCUT2D eigenvalue weighted by atomic mass is 10.1. The van der Waals surface area contributed by atoms with Crippen molar-refractivity contribution in [2.75, 3.05) is 24.7 Å². The van der Waals surface area contributed by atoms with Crippen LogP contribution in [0.15, 0.2) is 22.7 Å². The molecule has 6 heteroatoms. The lowest BCUT2D eigenvalue weighted by Crippen LogP contribution is -2.55. The van der Waals surface area contributed by atoms with Gasteiger partial charge in [0.15, 0.2) is 0 Å². The van der Waals surface area contributed by atoms with Gasteiger partial charge in [-0.2, -0.15) is 0 Å². The molecule has 1 amide bonds. The van der Waals surface area contributed by atoms with Gasteiger partial charge in [0, 0.05) is 34.9 Å². The molecule has 5 nitrogen and oxygen atoms in total. The Labute approximate surface area is 134 Å². The Morgan fingerprint density at radius 2 is 2.33 bits per heavy atom. The Morgan fingerprint density at radius 3 is 3.00 bits per heavy atom. The molecule has 116 valence electrons. The van der Waals surface area contributed by atoms with E-state index >= 15 is 0 Å². The smallest absolute Gasteiger partial charge is 0.245 e. The molecule has 1 aliphatic heterocycles. The van der Waals surface area contributed by atoms with Crippen LogP contribution in [0.2, 0.25) is 0 Å². The third kappa shape index (κ3) is 3.75. The highest BCUT2D eigenvalue weighted by atomic mass is 79.9. The molecule has 1 unspecified atom stereocenters. The third-order valence-corrected chi connectivity index (χ3v) is 4.21. The number of carbonyl (C=O) groups excluding carboxylic acids is 1. The number of amides is 1. The maximum atomic E-state index is 12.4. The van der Waals surface area contributed by atoms with Crippen LogP contribution in [0.1, 0.15) is 19.4 Å². The van der Waals surface area contributed by atoms with E-state index in [4.69, 9.17) is 10.5 Å². The standard InChI is InChI=1S/C15H22BrN3O2/c1-10(2)18-15(20)14-9-21-7-6-19(14)13-5-3-4-12(16)11(13)8-17/h3-5,10,14H,6-9,17H2,1-2H3,(H,18,20). The minimum Gasteiger partial charge on any atom is -0.377 e. The average Bonchev–Trinajstić information content (AvgIpc) is 2.46. The van der Waals surface area contributed by atoms with Crippen LogP contribution >= 0.6 is 15.9 Å². The lowest BCUT2D eigenvalue weighted by molar-refractivity contribution is -0.125. The maximum absolute atomic E-state index is 12.4. The number of nitrogens with two attached hydrogens (primary N) is 1. The van der Waals surface area contributed by atoms with Crippen LogP contribution in [0.5, 0.6) is 0 Å². The highest BCUT2D eigenvalue weighted by Crippen LogP contribution is 2.29. The summed E-state index contributed by atoms with van der Waals surface area (Å²) in [5, 5.41) is 2.96. The molecule has 1 saturated heterocycles. The Morgan fingerprint density at radius 1 is 1.57 bits per heavy atom. The van der Waals surface area contributed by atoms with Gasteiger partial charge in [-0.15, -0.1) is 0 Å². The Kier molecular flexibility index (Phi) is 5.61. The van der Waals surface area contributed by atoms with Crippen molar-refractivity contribution in [3.8, 4) is 0 Å². The molecule has 1 aromatic carbocycles. The van der Waals surface area contributed by atoms with Crippen molar-refractivity contribution in [2.45, 2.75) is 32.5 Å². The van der Waals surface area contributed by atoms with Gasteiger partial charge in [-0.05, 0) is 26.0 Å². The minimum atomic E-state index is -0.319. The monoisotopic (exact) mass is 355 g/mol. The van der Waals surface area contributed by atoms with Crippen molar-refractivity contribution in [2.24, 2.45) is 5.73 Å². The van der Waals surface area contributed by atoms with Crippen molar-refractivity contribution in [1.82, 2.24) is 5.32 Å². The molecule has 3 N–H and O–H groups in total. The van der Waals surface area contributed by atoms with E-state index in [1.807, 2.05) is 32.0 Å². The van der Waals surface area contributed by atoms with Gasteiger partial charge < -0.3 is 20.7 Å². The van der Waals surface area contributed by atoms with E-state index in [9.17, 15) is 4.79 Å². The topological polar surface area (TPSA) is 67.6 Å². The minimum absolute atomic E-state index is 0.00681. The summed E-state index contributed by atoms with van der Waals surface area (Å²) in [7, 11) is 0. The number of carbonyl (C=O) groups is 1. The molecule has 1 atom stereocenters. The van der Waals surface area contributed by atoms with Crippen LogP contribution in [-0.4, -0.2) is 37.7 Å². The van der Waals surface area contributed by atoms with Gasteiger partial charge in [-0.3, -0.25) is 4.79 Å². The average molecular weight is 356 g/mol. The summed E-state index contributed by atoms with van der Waals surface area (Å²) >= 11 is 3.53. The van der Waals surface area contributed by atoms with Crippen LogP contribution < -0.4 is 16.0 Å². The van der Waals surface area contributed by atoms with Gasteiger partial charge >= 0.3 is 0 Å². The normalized spacial score (nSPS) is 18.9. The van der Waals surface area contributed by atoms with Gasteiger partial charge in [0.25, 0.3) is 0 Å². The predicted octanol–water partition coefficient (Wildman–Crippen LogP) is 1.64.